The Morgan fingerprint density at radius 2 is 2.20 bits per heavy atom. The summed E-state index contributed by atoms with van der Waals surface area (Å²) in [7, 11) is 5.33. The summed E-state index contributed by atoms with van der Waals surface area (Å²) in [5.41, 5.74) is 1.15. The Bertz CT molecular complexity index is 447. The van der Waals surface area contributed by atoms with Crippen LogP contribution in [0.4, 0.5) is 0 Å². The zero-order valence-electron chi connectivity index (χ0n) is 12.2. The van der Waals surface area contributed by atoms with Gasteiger partial charge in [-0.3, -0.25) is 0 Å². The van der Waals surface area contributed by atoms with Crippen molar-refractivity contribution < 1.29 is 14.2 Å². The minimum absolute atomic E-state index is 0.249. The molecule has 0 spiro atoms. The molecule has 2 atom stereocenters. The van der Waals surface area contributed by atoms with Crippen molar-refractivity contribution in [1.82, 2.24) is 5.32 Å². The molecule has 2 rings (SSSR count). The van der Waals surface area contributed by atoms with Gasteiger partial charge >= 0.3 is 0 Å². The number of hydrogen-bond acceptors (Lipinski definition) is 4. The number of benzene rings is 1. The minimum atomic E-state index is 0.249. The highest BCUT2D eigenvalue weighted by Gasteiger charge is 2.24. The fourth-order valence-corrected chi connectivity index (χ4v) is 3.38. The molecule has 4 nitrogen and oxygen atoms in total. The standard InChI is InChI=1S/C15H22BrNO3/c1-17-12(8-10-6-7-20-9-10)11-4-5-13(18-2)14(16)15(11)19-3/h4-5,10,12,17H,6-9H2,1-3H3. The van der Waals surface area contributed by atoms with Gasteiger partial charge in [0.1, 0.15) is 16.0 Å². The van der Waals surface area contributed by atoms with Gasteiger partial charge in [0.2, 0.25) is 0 Å². The van der Waals surface area contributed by atoms with Crippen molar-refractivity contribution >= 4 is 15.9 Å². The van der Waals surface area contributed by atoms with E-state index in [1.165, 1.54) is 0 Å². The number of nitrogens with one attached hydrogen (secondary N) is 1. The average Bonchev–Trinajstić information content (AvgIpc) is 2.97. The maximum atomic E-state index is 5.57. The van der Waals surface area contributed by atoms with Crippen LogP contribution in [-0.4, -0.2) is 34.5 Å². The third-order valence-electron chi connectivity index (χ3n) is 3.83. The molecule has 1 heterocycles. The number of hydrogen-bond donors (Lipinski definition) is 1. The summed E-state index contributed by atoms with van der Waals surface area (Å²) in [6.45, 7) is 1.74. The summed E-state index contributed by atoms with van der Waals surface area (Å²) in [5, 5.41) is 3.39. The second kappa shape index (κ2) is 7.29. The van der Waals surface area contributed by atoms with Crippen LogP contribution in [0.3, 0.4) is 0 Å². The monoisotopic (exact) mass is 343 g/mol. The van der Waals surface area contributed by atoms with Crippen LogP contribution in [-0.2, 0) is 4.74 Å². The lowest BCUT2D eigenvalue weighted by molar-refractivity contribution is 0.181. The Morgan fingerprint density at radius 1 is 1.40 bits per heavy atom. The van der Waals surface area contributed by atoms with E-state index < -0.39 is 0 Å². The molecule has 5 heteroatoms. The molecule has 1 aromatic rings. The van der Waals surface area contributed by atoms with E-state index in [9.17, 15) is 0 Å². The van der Waals surface area contributed by atoms with Crippen molar-refractivity contribution in [3.8, 4) is 11.5 Å². The van der Waals surface area contributed by atoms with Crippen molar-refractivity contribution in [1.29, 1.82) is 0 Å². The lowest BCUT2D eigenvalue weighted by Crippen LogP contribution is -2.21. The maximum absolute atomic E-state index is 5.57. The van der Waals surface area contributed by atoms with Gasteiger partial charge in [-0.15, -0.1) is 0 Å². The van der Waals surface area contributed by atoms with E-state index in [4.69, 9.17) is 14.2 Å². The molecule has 0 saturated carbocycles. The Kier molecular flexibility index (Phi) is 5.69. The van der Waals surface area contributed by atoms with Gasteiger partial charge in [0.25, 0.3) is 0 Å². The highest BCUT2D eigenvalue weighted by molar-refractivity contribution is 9.10. The second-order valence-corrected chi connectivity index (χ2v) is 5.80. The van der Waals surface area contributed by atoms with Gasteiger partial charge < -0.3 is 19.5 Å². The summed E-state index contributed by atoms with van der Waals surface area (Å²) >= 11 is 3.56. The summed E-state index contributed by atoms with van der Waals surface area (Å²) in [5.74, 6) is 2.23. The molecule has 1 fully saturated rings. The van der Waals surface area contributed by atoms with Crippen molar-refractivity contribution in [2.75, 3.05) is 34.5 Å². The third-order valence-corrected chi connectivity index (χ3v) is 4.58. The number of halogens is 1. The van der Waals surface area contributed by atoms with Crippen molar-refractivity contribution in [3.63, 3.8) is 0 Å². The molecule has 0 aliphatic carbocycles. The number of methoxy groups -OCH3 is 2. The zero-order chi connectivity index (χ0) is 14.5. The van der Waals surface area contributed by atoms with E-state index in [1.54, 1.807) is 14.2 Å². The van der Waals surface area contributed by atoms with Gasteiger partial charge in [-0.1, -0.05) is 0 Å². The van der Waals surface area contributed by atoms with Crippen LogP contribution in [0, 0.1) is 5.92 Å². The predicted octanol–water partition coefficient (Wildman–Crippen LogP) is 3.15. The molecule has 0 aromatic heterocycles. The molecule has 1 aromatic carbocycles. The Morgan fingerprint density at radius 3 is 2.75 bits per heavy atom. The van der Waals surface area contributed by atoms with Gasteiger partial charge in [0.15, 0.2) is 0 Å². The van der Waals surface area contributed by atoms with Crippen LogP contribution < -0.4 is 14.8 Å². The minimum Gasteiger partial charge on any atom is -0.495 e. The number of rotatable bonds is 6. The van der Waals surface area contributed by atoms with Gasteiger partial charge in [-0.2, -0.15) is 0 Å². The van der Waals surface area contributed by atoms with Crippen molar-refractivity contribution in [2.24, 2.45) is 5.92 Å². The highest BCUT2D eigenvalue weighted by atomic mass is 79.9. The molecular formula is C15H22BrNO3. The van der Waals surface area contributed by atoms with Crippen molar-refractivity contribution in [2.45, 2.75) is 18.9 Å². The lowest BCUT2D eigenvalue weighted by atomic mass is 9.93. The van der Waals surface area contributed by atoms with Gasteiger partial charge in [-0.05, 0) is 53.9 Å². The van der Waals surface area contributed by atoms with Crippen LogP contribution in [0.25, 0.3) is 0 Å². The average molecular weight is 344 g/mol. The molecule has 1 saturated heterocycles. The fraction of sp³-hybridized carbons (Fsp3) is 0.600. The first kappa shape index (κ1) is 15.6. The normalized spacial score (nSPS) is 19.9. The number of ether oxygens (including phenoxy) is 3. The first-order valence-corrected chi connectivity index (χ1v) is 7.66. The van der Waals surface area contributed by atoms with Crippen LogP contribution in [0.5, 0.6) is 11.5 Å². The predicted molar refractivity (Wildman–Crippen MR) is 82.6 cm³/mol. The SMILES string of the molecule is CNC(CC1CCOC1)c1ccc(OC)c(Br)c1OC. The zero-order valence-corrected chi connectivity index (χ0v) is 13.8. The van der Waals surface area contributed by atoms with Crippen LogP contribution in [0.1, 0.15) is 24.4 Å². The quantitative estimate of drug-likeness (QED) is 0.861. The molecular weight excluding hydrogens is 322 g/mol. The first-order valence-electron chi connectivity index (χ1n) is 6.86. The molecule has 0 amide bonds. The molecule has 1 aliphatic heterocycles. The van der Waals surface area contributed by atoms with Gasteiger partial charge in [-0.25, -0.2) is 0 Å². The topological polar surface area (TPSA) is 39.7 Å². The molecule has 2 unspecified atom stereocenters. The molecule has 0 bridgehead atoms. The smallest absolute Gasteiger partial charge is 0.141 e. The Balaban J connectivity index is 2.26. The van der Waals surface area contributed by atoms with E-state index in [0.717, 1.165) is 47.6 Å². The summed E-state index contributed by atoms with van der Waals surface area (Å²) in [6, 6.07) is 4.29. The molecule has 112 valence electrons. The summed E-state index contributed by atoms with van der Waals surface area (Å²) < 4.78 is 17.2. The highest BCUT2D eigenvalue weighted by Crippen LogP contribution is 2.41. The second-order valence-electron chi connectivity index (χ2n) is 5.01. The van der Waals surface area contributed by atoms with Crippen LogP contribution in [0.15, 0.2) is 16.6 Å². The largest absolute Gasteiger partial charge is 0.495 e. The maximum Gasteiger partial charge on any atom is 0.141 e. The van der Waals surface area contributed by atoms with Gasteiger partial charge in [0, 0.05) is 24.8 Å². The molecule has 1 aliphatic rings. The molecule has 0 radical (unpaired) electrons. The van der Waals surface area contributed by atoms with E-state index in [-0.39, 0.29) is 6.04 Å². The Labute approximate surface area is 128 Å². The van der Waals surface area contributed by atoms with Crippen LogP contribution >= 0.6 is 15.9 Å². The molecule has 20 heavy (non-hydrogen) atoms. The van der Waals surface area contributed by atoms with E-state index >= 15 is 0 Å². The van der Waals surface area contributed by atoms with Gasteiger partial charge in [0.05, 0.1) is 14.2 Å². The molecule has 1 N–H and O–H groups in total. The first-order chi connectivity index (χ1) is 9.71. The third kappa shape index (κ3) is 3.27. The Hall–Kier alpha value is -0.780. The summed E-state index contributed by atoms with van der Waals surface area (Å²) in [6.07, 6.45) is 2.18. The lowest BCUT2D eigenvalue weighted by Gasteiger charge is -2.23. The fourth-order valence-electron chi connectivity index (χ4n) is 2.70. The van der Waals surface area contributed by atoms with Crippen LogP contribution in [0.2, 0.25) is 0 Å². The summed E-state index contributed by atoms with van der Waals surface area (Å²) in [4.78, 5) is 0. The van der Waals surface area contributed by atoms with E-state index in [0.29, 0.717) is 5.92 Å². The van der Waals surface area contributed by atoms with E-state index in [1.807, 2.05) is 13.1 Å². The van der Waals surface area contributed by atoms with Crippen molar-refractivity contribution in [3.05, 3.63) is 22.2 Å². The van der Waals surface area contributed by atoms with E-state index in [2.05, 4.69) is 27.3 Å².